The molecular weight excluding hydrogens is 279 g/mol. The molecule has 1 nitrogen and oxygen atoms in total. The van der Waals surface area contributed by atoms with E-state index >= 15 is 0 Å². The third-order valence-corrected chi connectivity index (χ3v) is 8.55. The summed E-state index contributed by atoms with van der Waals surface area (Å²) in [5.41, 5.74) is 2.04. The second-order valence-corrected chi connectivity index (χ2v) is 11.6. The number of hydrogen-bond donors (Lipinski definition) is 0. The molecule has 0 heterocycles. The van der Waals surface area contributed by atoms with E-state index in [1.54, 1.807) is 12.1 Å². The predicted octanol–water partition coefficient (Wildman–Crippen LogP) is 5.88. The van der Waals surface area contributed by atoms with Gasteiger partial charge in [-0.25, -0.2) is 4.39 Å². The van der Waals surface area contributed by atoms with E-state index in [-0.39, 0.29) is 10.9 Å². The van der Waals surface area contributed by atoms with Crippen LogP contribution >= 0.6 is 0 Å². The minimum absolute atomic E-state index is 0.166. The molecule has 0 aliphatic heterocycles. The molecule has 21 heavy (non-hydrogen) atoms. The van der Waals surface area contributed by atoms with Crippen LogP contribution in [0.3, 0.4) is 0 Å². The second kappa shape index (κ2) is 5.64. The van der Waals surface area contributed by atoms with Crippen molar-refractivity contribution in [2.45, 2.75) is 38.9 Å². The van der Waals surface area contributed by atoms with Crippen molar-refractivity contribution in [3.8, 4) is 16.9 Å². The lowest BCUT2D eigenvalue weighted by Gasteiger charge is -2.36. The quantitative estimate of drug-likeness (QED) is 0.644. The van der Waals surface area contributed by atoms with Crippen molar-refractivity contribution in [1.82, 2.24) is 0 Å². The fourth-order valence-electron chi connectivity index (χ4n) is 1.83. The van der Waals surface area contributed by atoms with Crippen LogP contribution in [0, 0.1) is 5.82 Å². The van der Waals surface area contributed by atoms with E-state index in [0.29, 0.717) is 0 Å². The van der Waals surface area contributed by atoms with Gasteiger partial charge >= 0.3 is 0 Å². The lowest BCUT2D eigenvalue weighted by Crippen LogP contribution is -2.43. The zero-order valence-corrected chi connectivity index (χ0v) is 14.4. The topological polar surface area (TPSA) is 9.23 Å². The van der Waals surface area contributed by atoms with Crippen molar-refractivity contribution >= 4 is 8.32 Å². The summed E-state index contributed by atoms with van der Waals surface area (Å²) in [6.45, 7) is 11.1. The van der Waals surface area contributed by atoms with Gasteiger partial charge in [-0.1, -0.05) is 45.0 Å². The molecule has 0 spiro atoms. The highest BCUT2D eigenvalue weighted by Gasteiger charge is 2.38. The fraction of sp³-hybridized carbons (Fsp3) is 0.333. The summed E-state index contributed by atoms with van der Waals surface area (Å²) in [5.74, 6) is 0.677. The van der Waals surface area contributed by atoms with Crippen molar-refractivity contribution in [3.63, 3.8) is 0 Å². The number of benzene rings is 2. The van der Waals surface area contributed by atoms with Gasteiger partial charge in [0.25, 0.3) is 0 Å². The molecule has 2 aromatic rings. The van der Waals surface area contributed by atoms with Crippen molar-refractivity contribution in [1.29, 1.82) is 0 Å². The van der Waals surface area contributed by atoms with Crippen LogP contribution in [0.4, 0.5) is 4.39 Å². The maximum absolute atomic E-state index is 13.0. The van der Waals surface area contributed by atoms with Gasteiger partial charge in [0.05, 0.1) is 0 Å². The molecule has 112 valence electrons. The van der Waals surface area contributed by atoms with Crippen molar-refractivity contribution in [2.24, 2.45) is 0 Å². The van der Waals surface area contributed by atoms with Crippen LogP contribution in [0.15, 0.2) is 48.5 Å². The molecule has 0 radical (unpaired) electrons. The Balaban J connectivity index is 2.28. The monoisotopic (exact) mass is 302 g/mol. The van der Waals surface area contributed by atoms with Gasteiger partial charge in [-0.2, -0.15) is 0 Å². The molecule has 0 aliphatic carbocycles. The van der Waals surface area contributed by atoms with E-state index in [9.17, 15) is 4.39 Å². The average molecular weight is 302 g/mol. The van der Waals surface area contributed by atoms with Crippen LogP contribution in [0.2, 0.25) is 18.1 Å². The average Bonchev–Trinajstić information content (AvgIpc) is 2.38. The highest BCUT2D eigenvalue weighted by atomic mass is 28.4. The maximum atomic E-state index is 13.0. The van der Waals surface area contributed by atoms with Gasteiger partial charge in [0, 0.05) is 0 Å². The zero-order chi connectivity index (χ0) is 15.7. The third-order valence-electron chi connectivity index (χ3n) is 4.19. The highest BCUT2D eigenvalue weighted by molar-refractivity contribution is 6.74. The van der Waals surface area contributed by atoms with E-state index in [4.69, 9.17) is 4.43 Å². The molecule has 0 aromatic heterocycles. The molecular formula is C18H23FOSi. The minimum atomic E-state index is -1.84. The summed E-state index contributed by atoms with van der Waals surface area (Å²) in [6, 6.07) is 14.6. The van der Waals surface area contributed by atoms with Gasteiger partial charge < -0.3 is 4.43 Å². The predicted molar refractivity (Wildman–Crippen MR) is 89.7 cm³/mol. The van der Waals surface area contributed by atoms with E-state index in [2.05, 4.69) is 33.9 Å². The first-order valence-electron chi connectivity index (χ1n) is 7.24. The lowest BCUT2D eigenvalue weighted by atomic mass is 10.1. The molecule has 0 atom stereocenters. The summed E-state index contributed by atoms with van der Waals surface area (Å²) in [4.78, 5) is 0. The standard InChI is InChI=1S/C18H23FOSi/c1-18(2,3)21(4,5)20-17-8-6-7-15(13-17)14-9-11-16(19)12-10-14/h6-13H,1-5H3. The van der Waals surface area contributed by atoms with Crippen LogP contribution in [0.1, 0.15) is 20.8 Å². The molecule has 0 saturated heterocycles. The molecule has 3 heteroatoms. The zero-order valence-electron chi connectivity index (χ0n) is 13.4. The first kappa shape index (κ1) is 15.8. The third kappa shape index (κ3) is 3.73. The first-order valence-corrected chi connectivity index (χ1v) is 10.1. The number of rotatable bonds is 3. The van der Waals surface area contributed by atoms with Gasteiger partial charge in [0.2, 0.25) is 8.32 Å². The molecule has 0 amide bonds. The van der Waals surface area contributed by atoms with E-state index in [0.717, 1.165) is 16.9 Å². The van der Waals surface area contributed by atoms with Crippen LogP contribution in [0.5, 0.6) is 5.75 Å². The Hall–Kier alpha value is -1.61. The maximum Gasteiger partial charge on any atom is 0.250 e. The van der Waals surface area contributed by atoms with Crippen LogP contribution < -0.4 is 4.43 Å². The Morgan fingerprint density at radius 2 is 1.52 bits per heavy atom. The highest BCUT2D eigenvalue weighted by Crippen LogP contribution is 2.38. The van der Waals surface area contributed by atoms with Gasteiger partial charge in [-0.15, -0.1) is 0 Å². The van der Waals surface area contributed by atoms with Crippen molar-refractivity contribution < 1.29 is 8.82 Å². The summed E-state index contributed by atoms with van der Waals surface area (Å²) in [5, 5.41) is 0.166. The summed E-state index contributed by atoms with van der Waals surface area (Å²) >= 11 is 0. The normalized spacial score (nSPS) is 12.3. The molecule has 0 unspecified atom stereocenters. The van der Waals surface area contributed by atoms with Crippen LogP contribution in [-0.2, 0) is 0 Å². The molecule has 0 fully saturated rings. The van der Waals surface area contributed by atoms with Crippen LogP contribution in [-0.4, -0.2) is 8.32 Å². The van der Waals surface area contributed by atoms with Gasteiger partial charge in [0.15, 0.2) is 0 Å². The Bertz CT molecular complexity index is 612. The van der Waals surface area contributed by atoms with E-state index in [1.165, 1.54) is 12.1 Å². The van der Waals surface area contributed by atoms with Gasteiger partial charge in [-0.3, -0.25) is 0 Å². The molecule has 0 saturated carbocycles. The van der Waals surface area contributed by atoms with Gasteiger partial charge in [-0.05, 0) is 53.5 Å². The molecule has 0 bridgehead atoms. The SMILES string of the molecule is CC(C)(C)[Si](C)(C)Oc1cccc(-c2ccc(F)cc2)c1. The first-order chi connectivity index (χ1) is 9.69. The summed E-state index contributed by atoms with van der Waals surface area (Å²) in [7, 11) is -1.84. The Kier molecular flexibility index (Phi) is 4.24. The molecule has 2 rings (SSSR count). The largest absolute Gasteiger partial charge is 0.543 e. The second-order valence-electron chi connectivity index (χ2n) is 6.90. The van der Waals surface area contributed by atoms with E-state index < -0.39 is 8.32 Å². The van der Waals surface area contributed by atoms with Crippen molar-refractivity contribution in [2.75, 3.05) is 0 Å². The van der Waals surface area contributed by atoms with E-state index in [1.807, 2.05) is 24.3 Å². The Morgan fingerprint density at radius 3 is 2.10 bits per heavy atom. The Morgan fingerprint density at radius 1 is 0.905 bits per heavy atom. The Labute approximate surface area is 127 Å². The van der Waals surface area contributed by atoms with Gasteiger partial charge in [0.1, 0.15) is 11.6 Å². The van der Waals surface area contributed by atoms with Crippen molar-refractivity contribution in [3.05, 3.63) is 54.3 Å². The lowest BCUT2D eigenvalue weighted by molar-refractivity contribution is 0.492. The molecule has 0 aliphatic rings. The van der Waals surface area contributed by atoms with Crippen LogP contribution in [0.25, 0.3) is 11.1 Å². The molecule has 0 N–H and O–H groups in total. The molecule has 2 aromatic carbocycles. The number of hydrogen-bond acceptors (Lipinski definition) is 1. The number of halogens is 1. The summed E-state index contributed by atoms with van der Waals surface area (Å²) < 4.78 is 19.3. The summed E-state index contributed by atoms with van der Waals surface area (Å²) in [6.07, 6.45) is 0. The smallest absolute Gasteiger partial charge is 0.250 e. The fourth-order valence-corrected chi connectivity index (χ4v) is 2.85. The minimum Gasteiger partial charge on any atom is -0.543 e.